The molecule has 1 fully saturated rings. The molecule has 19 heavy (non-hydrogen) atoms. The number of aryl methyl sites for hydroxylation is 1. The maximum atomic E-state index is 10.9. The number of oxazole rings is 1. The van der Waals surface area contributed by atoms with Crippen LogP contribution < -0.4 is 0 Å². The van der Waals surface area contributed by atoms with E-state index in [1.807, 2.05) is 0 Å². The van der Waals surface area contributed by atoms with E-state index in [2.05, 4.69) is 4.98 Å². The van der Waals surface area contributed by atoms with Gasteiger partial charge >= 0.3 is 5.97 Å². The first-order valence-corrected chi connectivity index (χ1v) is 6.47. The Morgan fingerprint density at radius 1 is 1.47 bits per heavy atom. The SMILES string of the molecule is O=C(O)c1ccc2nc(CCC3CCCO3)oc2c1. The van der Waals surface area contributed by atoms with Crippen LogP contribution in [0.4, 0.5) is 0 Å². The summed E-state index contributed by atoms with van der Waals surface area (Å²) in [7, 11) is 0. The van der Waals surface area contributed by atoms with Gasteiger partial charge in [0.2, 0.25) is 0 Å². The molecule has 5 nitrogen and oxygen atoms in total. The largest absolute Gasteiger partial charge is 0.478 e. The fraction of sp³-hybridized carbons (Fsp3) is 0.429. The highest BCUT2D eigenvalue weighted by molar-refractivity contribution is 5.91. The van der Waals surface area contributed by atoms with Crippen LogP contribution in [0, 0.1) is 0 Å². The Hall–Kier alpha value is -1.88. The predicted octanol–water partition coefficient (Wildman–Crippen LogP) is 2.64. The Kier molecular flexibility index (Phi) is 3.21. The average Bonchev–Trinajstić information content (AvgIpc) is 3.04. The van der Waals surface area contributed by atoms with Crippen LogP contribution in [0.25, 0.3) is 11.1 Å². The van der Waals surface area contributed by atoms with Gasteiger partial charge in [-0.2, -0.15) is 0 Å². The van der Waals surface area contributed by atoms with Crippen molar-refractivity contribution >= 4 is 17.1 Å². The van der Waals surface area contributed by atoms with E-state index in [0.717, 1.165) is 32.3 Å². The van der Waals surface area contributed by atoms with Crippen LogP contribution in [0.2, 0.25) is 0 Å². The molecule has 1 aliphatic rings. The van der Waals surface area contributed by atoms with Gasteiger partial charge in [0, 0.05) is 13.0 Å². The maximum absolute atomic E-state index is 10.9. The zero-order valence-electron chi connectivity index (χ0n) is 10.5. The number of hydrogen-bond donors (Lipinski definition) is 1. The van der Waals surface area contributed by atoms with Crippen molar-refractivity contribution in [2.75, 3.05) is 6.61 Å². The minimum Gasteiger partial charge on any atom is -0.478 e. The van der Waals surface area contributed by atoms with E-state index < -0.39 is 5.97 Å². The quantitative estimate of drug-likeness (QED) is 0.915. The summed E-state index contributed by atoms with van der Waals surface area (Å²) >= 11 is 0. The van der Waals surface area contributed by atoms with Gasteiger partial charge in [-0.25, -0.2) is 9.78 Å². The van der Waals surface area contributed by atoms with Gasteiger partial charge in [-0.05, 0) is 37.5 Å². The van der Waals surface area contributed by atoms with Crippen molar-refractivity contribution in [2.24, 2.45) is 0 Å². The normalized spacial score (nSPS) is 19.1. The summed E-state index contributed by atoms with van der Waals surface area (Å²) in [5.41, 5.74) is 1.45. The standard InChI is InChI=1S/C14H15NO4/c16-14(17)9-3-5-11-12(8-9)19-13(15-11)6-4-10-2-1-7-18-10/h3,5,8,10H,1-2,4,6-7H2,(H,16,17). The smallest absolute Gasteiger partial charge is 0.335 e. The summed E-state index contributed by atoms with van der Waals surface area (Å²) in [6.45, 7) is 0.847. The minimum absolute atomic E-state index is 0.217. The molecular formula is C14H15NO4. The molecule has 0 spiro atoms. The van der Waals surface area contributed by atoms with Crippen LogP contribution in [0.3, 0.4) is 0 Å². The molecule has 0 bridgehead atoms. The van der Waals surface area contributed by atoms with E-state index in [0.29, 0.717) is 23.1 Å². The van der Waals surface area contributed by atoms with Gasteiger partial charge in [0.15, 0.2) is 11.5 Å². The third-order valence-corrected chi connectivity index (χ3v) is 3.38. The van der Waals surface area contributed by atoms with Gasteiger partial charge in [0.1, 0.15) is 5.52 Å². The fourth-order valence-corrected chi connectivity index (χ4v) is 2.37. The van der Waals surface area contributed by atoms with Gasteiger partial charge in [-0.15, -0.1) is 0 Å². The first-order chi connectivity index (χ1) is 9.22. The van der Waals surface area contributed by atoms with Crippen LogP contribution in [0.15, 0.2) is 22.6 Å². The van der Waals surface area contributed by atoms with Gasteiger partial charge in [-0.3, -0.25) is 0 Å². The topological polar surface area (TPSA) is 72.6 Å². The first kappa shape index (κ1) is 12.2. The lowest BCUT2D eigenvalue weighted by molar-refractivity contribution is 0.0697. The summed E-state index contributed by atoms with van der Waals surface area (Å²) in [4.78, 5) is 15.2. The van der Waals surface area contributed by atoms with Crippen molar-refractivity contribution in [1.29, 1.82) is 0 Å². The minimum atomic E-state index is -0.959. The number of carbonyl (C=O) groups is 1. The zero-order valence-corrected chi connectivity index (χ0v) is 10.5. The van der Waals surface area contributed by atoms with Crippen LogP contribution in [-0.2, 0) is 11.2 Å². The molecule has 2 aromatic rings. The molecule has 1 N–H and O–H groups in total. The first-order valence-electron chi connectivity index (χ1n) is 6.47. The highest BCUT2D eigenvalue weighted by atomic mass is 16.5. The molecule has 0 aliphatic carbocycles. The van der Waals surface area contributed by atoms with Gasteiger partial charge < -0.3 is 14.3 Å². The Bertz CT molecular complexity index is 599. The lowest BCUT2D eigenvalue weighted by Crippen LogP contribution is -2.06. The Morgan fingerprint density at radius 2 is 2.37 bits per heavy atom. The lowest BCUT2D eigenvalue weighted by Gasteiger charge is -2.05. The molecule has 0 radical (unpaired) electrons. The lowest BCUT2D eigenvalue weighted by atomic mass is 10.1. The predicted molar refractivity (Wildman–Crippen MR) is 68.3 cm³/mol. The summed E-state index contributed by atoms with van der Waals surface area (Å²) < 4.78 is 11.1. The molecule has 0 amide bonds. The second-order valence-electron chi connectivity index (χ2n) is 4.77. The number of aromatic carboxylic acids is 1. The van der Waals surface area contributed by atoms with Crippen molar-refractivity contribution < 1.29 is 19.1 Å². The van der Waals surface area contributed by atoms with E-state index in [1.165, 1.54) is 12.1 Å². The van der Waals surface area contributed by atoms with Gasteiger partial charge in [-0.1, -0.05) is 0 Å². The number of fused-ring (bicyclic) bond motifs is 1. The molecule has 5 heteroatoms. The van der Waals surface area contributed by atoms with E-state index in [4.69, 9.17) is 14.3 Å². The van der Waals surface area contributed by atoms with Crippen molar-refractivity contribution in [3.63, 3.8) is 0 Å². The van der Waals surface area contributed by atoms with Crippen molar-refractivity contribution in [2.45, 2.75) is 31.8 Å². The molecule has 1 saturated heterocycles. The van der Waals surface area contributed by atoms with Crippen LogP contribution in [0.1, 0.15) is 35.5 Å². The zero-order chi connectivity index (χ0) is 13.2. The molecule has 1 aromatic carbocycles. The number of benzene rings is 1. The molecule has 1 aromatic heterocycles. The van der Waals surface area contributed by atoms with E-state index in [1.54, 1.807) is 6.07 Å². The summed E-state index contributed by atoms with van der Waals surface area (Å²) in [5.74, 6) is -0.313. The van der Waals surface area contributed by atoms with E-state index in [9.17, 15) is 4.79 Å². The van der Waals surface area contributed by atoms with E-state index in [-0.39, 0.29) is 5.56 Å². The summed E-state index contributed by atoms with van der Waals surface area (Å²) in [6.07, 6.45) is 4.16. The molecule has 2 heterocycles. The Balaban J connectivity index is 1.75. The molecule has 3 rings (SSSR count). The van der Waals surface area contributed by atoms with Gasteiger partial charge in [0.25, 0.3) is 0 Å². The third kappa shape index (κ3) is 2.61. The number of hydrogen-bond acceptors (Lipinski definition) is 4. The molecule has 1 unspecified atom stereocenters. The second-order valence-corrected chi connectivity index (χ2v) is 4.77. The molecule has 0 saturated carbocycles. The number of nitrogens with zero attached hydrogens (tertiary/aromatic N) is 1. The average molecular weight is 261 g/mol. The highest BCUT2D eigenvalue weighted by Gasteiger charge is 2.17. The maximum Gasteiger partial charge on any atom is 0.335 e. The van der Waals surface area contributed by atoms with Crippen molar-refractivity contribution in [3.05, 3.63) is 29.7 Å². The number of carboxylic acid groups (broad SMARTS) is 1. The highest BCUT2D eigenvalue weighted by Crippen LogP contribution is 2.21. The third-order valence-electron chi connectivity index (χ3n) is 3.38. The summed E-state index contributed by atoms with van der Waals surface area (Å²) in [6, 6.07) is 4.73. The monoisotopic (exact) mass is 261 g/mol. The second kappa shape index (κ2) is 5.01. The van der Waals surface area contributed by atoms with Gasteiger partial charge in [0.05, 0.1) is 11.7 Å². The van der Waals surface area contributed by atoms with Crippen LogP contribution in [-0.4, -0.2) is 28.8 Å². The number of aromatic nitrogens is 1. The van der Waals surface area contributed by atoms with Crippen LogP contribution >= 0.6 is 0 Å². The van der Waals surface area contributed by atoms with E-state index >= 15 is 0 Å². The Morgan fingerprint density at radius 3 is 3.11 bits per heavy atom. The number of ether oxygens (including phenoxy) is 1. The Labute approximate surface area is 110 Å². The molecular weight excluding hydrogens is 246 g/mol. The van der Waals surface area contributed by atoms with Crippen molar-refractivity contribution in [3.8, 4) is 0 Å². The molecule has 100 valence electrons. The van der Waals surface area contributed by atoms with Crippen molar-refractivity contribution in [1.82, 2.24) is 4.98 Å². The van der Waals surface area contributed by atoms with Crippen LogP contribution in [0.5, 0.6) is 0 Å². The number of rotatable bonds is 4. The molecule has 1 atom stereocenters. The fourth-order valence-electron chi connectivity index (χ4n) is 2.37. The summed E-state index contributed by atoms with van der Waals surface area (Å²) in [5, 5.41) is 8.92. The molecule has 1 aliphatic heterocycles. The number of carboxylic acids is 1.